The first-order chi connectivity index (χ1) is 11.0. The van der Waals surface area contributed by atoms with Crippen LogP contribution in [0.2, 0.25) is 10.0 Å². The Hall–Kier alpha value is -2.24. The van der Waals surface area contributed by atoms with Crippen molar-refractivity contribution in [1.29, 1.82) is 0 Å². The molecule has 0 amide bonds. The average molecular weight is 350 g/mol. The number of aromatic nitrogens is 3. The maximum atomic E-state index is 12.2. The quantitative estimate of drug-likeness (QED) is 0.781. The summed E-state index contributed by atoms with van der Waals surface area (Å²) in [7, 11) is 1.59. The number of hydrogen-bond donors (Lipinski definition) is 1. The van der Waals surface area contributed by atoms with E-state index in [0.717, 1.165) is 15.8 Å². The first-order valence-electron chi connectivity index (χ1n) is 6.80. The fraction of sp³-hybridized carbons (Fsp3) is 0.125. The van der Waals surface area contributed by atoms with Crippen LogP contribution in [0.4, 0.5) is 0 Å². The van der Waals surface area contributed by atoms with Crippen molar-refractivity contribution in [3.8, 4) is 22.8 Å². The molecular formula is C16H13Cl2N3O2. The molecule has 3 rings (SSSR count). The second-order valence-electron chi connectivity index (χ2n) is 4.95. The van der Waals surface area contributed by atoms with Gasteiger partial charge in [-0.05, 0) is 30.7 Å². The molecule has 7 heteroatoms. The zero-order chi connectivity index (χ0) is 16.6. The van der Waals surface area contributed by atoms with Gasteiger partial charge in [-0.3, -0.25) is 4.98 Å². The molecule has 0 atom stereocenters. The van der Waals surface area contributed by atoms with Crippen LogP contribution in [0.25, 0.3) is 17.1 Å². The summed E-state index contributed by atoms with van der Waals surface area (Å²) in [6.45, 7) is 1.94. The van der Waals surface area contributed by atoms with Crippen molar-refractivity contribution in [2.45, 2.75) is 6.92 Å². The van der Waals surface area contributed by atoms with Gasteiger partial charge in [-0.2, -0.15) is 4.68 Å². The van der Waals surface area contributed by atoms with Gasteiger partial charge in [0.2, 0.25) is 0 Å². The van der Waals surface area contributed by atoms with E-state index < -0.39 is 5.69 Å². The molecule has 0 aliphatic heterocycles. The van der Waals surface area contributed by atoms with Gasteiger partial charge in [0, 0.05) is 5.56 Å². The van der Waals surface area contributed by atoms with Gasteiger partial charge < -0.3 is 4.74 Å². The number of benzene rings is 2. The summed E-state index contributed by atoms with van der Waals surface area (Å²) in [4.78, 5) is 14.9. The number of para-hydroxylation sites is 1. The van der Waals surface area contributed by atoms with Gasteiger partial charge in [0.1, 0.15) is 11.4 Å². The molecular weight excluding hydrogens is 337 g/mol. The van der Waals surface area contributed by atoms with E-state index in [9.17, 15) is 4.79 Å². The Morgan fingerprint density at radius 2 is 1.87 bits per heavy atom. The van der Waals surface area contributed by atoms with Gasteiger partial charge in [0.05, 0.1) is 17.2 Å². The summed E-state index contributed by atoms with van der Waals surface area (Å²) in [5.74, 6) is 1.12. The molecule has 0 bridgehead atoms. The molecule has 118 valence electrons. The van der Waals surface area contributed by atoms with Gasteiger partial charge >= 0.3 is 5.69 Å². The van der Waals surface area contributed by atoms with Crippen LogP contribution in [-0.2, 0) is 0 Å². The lowest BCUT2D eigenvalue weighted by Gasteiger charge is -2.06. The molecule has 1 aromatic heterocycles. The van der Waals surface area contributed by atoms with Crippen LogP contribution in [0.3, 0.4) is 0 Å². The monoisotopic (exact) mass is 349 g/mol. The molecule has 0 radical (unpaired) electrons. The number of methoxy groups -OCH3 is 1. The minimum absolute atomic E-state index is 0.346. The van der Waals surface area contributed by atoms with E-state index in [1.54, 1.807) is 25.3 Å². The van der Waals surface area contributed by atoms with Crippen LogP contribution in [-0.4, -0.2) is 21.9 Å². The highest BCUT2D eigenvalue weighted by molar-refractivity contribution is 6.37. The van der Waals surface area contributed by atoms with E-state index in [1.165, 1.54) is 0 Å². The van der Waals surface area contributed by atoms with Crippen LogP contribution >= 0.6 is 23.2 Å². The molecule has 3 aromatic rings. The normalized spacial score (nSPS) is 10.8. The lowest BCUT2D eigenvalue weighted by atomic mass is 10.1. The van der Waals surface area contributed by atoms with Gasteiger partial charge in [-0.15, -0.1) is 5.10 Å². The minimum atomic E-state index is -0.422. The van der Waals surface area contributed by atoms with Crippen molar-refractivity contribution in [2.24, 2.45) is 0 Å². The smallest absolute Gasteiger partial charge is 0.348 e. The molecule has 0 aliphatic carbocycles. The van der Waals surface area contributed by atoms with Gasteiger partial charge in [0.15, 0.2) is 5.82 Å². The Labute approximate surface area is 142 Å². The lowest BCUT2D eigenvalue weighted by Crippen LogP contribution is -2.16. The number of H-pyrrole nitrogens is 1. The largest absolute Gasteiger partial charge is 0.496 e. The highest BCUT2D eigenvalue weighted by atomic mass is 35.5. The molecule has 1 N–H and O–H groups in total. The van der Waals surface area contributed by atoms with E-state index in [0.29, 0.717) is 27.3 Å². The topological polar surface area (TPSA) is 59.9 Å². The number of ether oxygens (including phenoxy) is 1. The first-order valence-corrected chi connectivity index (χ1v) is 7.55. The molecule has 0 spiro atoms. The Bertz CT molecular complexity index is 911. The number of nitrogens with one attached hydrogen (secondary N) is 1. The molecule has 23 heavy (non-hydrogen) atoms. The molecule has 5 nitrogen and oxygen atoms in total. The number of halogens is 2. The molecule has 0 saturated heterocycles. The van der Waals surface area contributed by atoms with Crippen molar-refractivity contribution in [2.75, 3.05) is 7.11 Å². The van der Waals surface area contributed by atoms with E-state index >= 15 is 0 Å². The third-order valence-electron chi connectivity index (χ3n) is 3.45. The zero-order valence-electron chi connectivity index (χ0n) is 12.4. The van der Waals surface area contributed by atoms with Crippen molar-refractivity contribution in [1.82, 2.24) is 14.8 Å². The van der Waals surface area contributed by atoms with Crippen LogP contribution in [0.15, 0.2) is 41.2 Å². The Kier molecular flexibility index (Phi) is 4.15. The highest BCUT2D eigenvalue weighted by Crippen LogP contribution is 2.28. The van der Waals surface area contributed by atoms with Crippen LogP contribution in [0.5, 0.6) is 5.75 Å². The number of aromatic amines is 1. The molecule has 2 aromatic carbocycles. The molecule has 0 saturated carbocycles. The van der Waals surface area contributed by atoms with Gasteiger partial charge in [0.25, 0.3) is 0 Å². The van der Waals surface area contributed by atoms with Gasteiger partial charge in [-0.1, -0.05) is 41.4 Å². The first kappa shape index (κ1) is 15.6. The highest BCUT2D eigenvalue weighted by Gasteiger charge is 2.15. The zero-order valence-corrected chi connectivity index (χ0v) is 13.9. The SMILES string of the molecule is COc1cc(-c2nn(-c3c(Cl)cccc3Cl)c(=O)[nH]2)ccc1C. The van der Waals surface area contributed by atoms with E-state index in [-0.39, 0.29) is 0 Å². The average Bonchev–Trinajstić information content (AvgIpc) is 2.89. The van der Waals surface area contributed by atoms with Crippen LogP contribution in [0.1, 0.15) is 5.56 Å². The summed E-state index contributed by atoms with van der Waals surface area (Å²) in [5.41, 5.74) is 1.65. The van der Waals surface area contributed by atoms with Crippen molar-refractivity contribution in [3.63, 3.8) is 0 Å². The van der Waals surface area contributed by atoms with Crippen LogP contribution < -0.4 is 10.4 Å². The van der Waals surface area contributed by atoms with Crippen LogP contribution in [0, 0.1) is 6.92 Å². The molecule has 0 fully saturated rings. The predicted octanol–water partition coefficient (Wildman–Crippen LogP) is 3.85. The second kappa shape index (κ2) is 6.10. The summed E-state index contributed by atoms with van der Waals surface area (Å²) in [5, 5.41) is 4.99. The molecule has 0 unspecified atom stereocenters. The number of aryl methyl sites for hydroxylation is 1. The minimum Gasteiger partial charge on any atom is -0.496 e. The molecule has 0 aliphatic rings. The van der Waals surface area contributed by atoms with Crippen molar-refractivity contribution >= 4 is 23.2 Å². The van der Waals surface area contributed by atoms with E-state index in [2.05, 4.69) is 10.1 Å². The Balaban J connectivity index is 2.14. The summed E-state index contributed by atoms with van der Waals surface area (Å²) < 4.78 is 6.46. The fourth-order valence-electron chi connectivity index (χ4n) is 2.26. The summed E-state index contributed by atoms with van der Waals surface area (Å²) >= 11 is 12.3. The summed E-state index contributed by atoms with van der Waals surface area (Å²) in [6, 6.07) is 10.6. The summed E-state index contributed by atoms with van der Waals surface area (Å²) in [6.07, 6.45) is 0. The van der Waals surface area contributed by atoms with Crippen molar-refractivity contribution < 1.29 is 4.74 Å². The number of nitrogens with zero attached hydrogens (tertiary/aromatic N) is 2. The maximum absolute atomic E-state index is 12.2. The molecule has 1 heterocycles. The third kappa shape index (κ3) is 2.85. The third-order valence-corrected chi connectivity index (χ3v) is 4.06. The Morgan fingerprint density at radius 3 is 2.52 bits per heavy atom. The van der Waals surface area contributed by atoms with Crippen molar-refractivity contribution in [3.05, 3.63) is 62.5 Å². The van der Waals surface area contributed by atoms with Gasteiger partial charge in [-0.25, -0.2) is 4.79 Å². The van der Waals surface area contributed by atoms with E-state index in [1.807, 2.05) is 25.1 Å². The number of rotatable bonds is 3. The number of hydrogen-bond acceptors (Lipinski definition) is 3. The Morgan fingerprint density at radius 1 is 1.17 bits per heavy atom. The standard InChI is InChI=1S/C16H13Cl2N3O2/c1-9-6-7-10(8-13(9)23-2)15-19-16(22)21(20-15)14-11(17)4-3-5-12(14)18/h3-8H,1-2H3,(H,19,20,22). The van der Waals surface area contributed by atoms with E-state index in [4.69, 9.17) is 27.9 Å². The lowest BCUT2D eigenvalue weighted by molar-refractivity contribution is 0.412. The fourth-order valence-corrected chi connectivity index (χ4v) is 2.82. The second-order valence-corrected chi connectivity index (χ2v) is 5.76. The maximum Gasteiger partial charge on any atom is 0.348 e. The predicted molar refractivity (Wildman–Crippen MR) is 90.9 cm³/mol.